The van der Waals surface area contributed by atoms with E-state index in [1.165, 1.54) is 0 Å². The van der Waals surface area contributed by atoms with Gasteiger partial charge in [-0.05, 0) is 37.1 Å². The first kappa shape index (κ1) is 17.5. The van der Waals surface area contributed by atoms with Crippen LogP contribution < -0.4 is 15.2 Å². The Hall–Kier alpha value is -1.85. The minimum Gasteiger partial charge on any atom is -0.493 e. The molecule has 5 heteroatoms. The third-order valence-electron chi connectivity index (χ3n) is 4.02. The summed E-state index contributed by atoms with van der Waals surface area (Å²) in [6, 6.07) is 7.41. The Labute approximate surface area is 137 Å². The molecule has 0 saturated heterocycles. The molecule has 0 fully saturated rings. The Bertz CT molecular complexity index is 545. The fourth-order valence-electron chi connectivity index (χ4n) is 2.86. The van der Waals surface area contributed by atoms with Crippen LogP contribution in [0.2, 0.25) is 0 Å². The number of aliphatic imine (C=N–C) groups is 1. The summed E-state index contributed by atoms with van der Waals surface area (Å²) in [6.45, 7) is 2.91. The summed E-state index contributed by atoms with van der Waals surface area (Å²) in [4.78, 5) is 4.55. The van der Waals surface area contributed by atoms with Gasteiger partial charge in [0, 0.05) is 12.6 Å². The fraction of sp³-hybridized carbons (Fsp3) is 0.500. The highest BCUT2D eigenvalue weighted by Crippen LogP contribution is 2.31. The molecule has 1 heterocycles. The number of aliphatic hydroxyl groups is 1. The number of benzene rings is 1. The van der Waals surface area contributed by atoms with E-state index in [2.05, 4.69) is 11.9 Å². The molecule has 1 aromatic carbocycles. The second-order valence-electron chi connectivity index (χ2n) is 6.11. The fourth-order valence-corrected chi connectivity index (χ4v) is 2.86. The molecule has 5 nitrogen and oxygen atoms in total. The van der Waals surface area contributed by atoms with Crippen molar-refractivity contribution in [1.29, 1.82) is 0 Å². The smallest absolute Gasteiger partial charge is 0.161 e. The van der Waals surface area contributed by atoms with Crippen LogP contribution in [-0.4, -0.2) is 43.2 Å². The van der Waals surface area contributed by atoms with Crippen LogP contribution in [0.25, 0.3) is 0 Å². The van der Waals surface area contributed by atoms with Crippen LogP contribution in [0.5, 0.6) is 11.5 Å². The van der Waals surface area contributed by atoms with Gasteiger partial charge in [-0.25, -0.2) is 0 Å². The Morgan fingerprint density at radius 1 is 1.26 bits per heavy atom. The minimum absolute atomic E-state index is 0.197. The molecule has 126 valence electrons. The average molecular weight is 318 g/mol. The summed E-state index contributed by atoms with van der Waals surface area (Å²) in [5.41, 5.74) is 5.36. The molecule has 2 rings (SSSR count). The van der Waals surface area contributed by atoms with Crippen molar-refractivity contribution in [2.24, 2.45) is 16.6 Å². The van der Waals surface area contributed by atoms with Crippen LogP contribution in [0.1, 0.15) is 19.8 Å². The molecule has 3 N–H and O–H groups in total. The number of aliphatic hydroxyl groups excluding tert-OH is 1. The van der Waals surface area contributed by atoms with Crippen LogP contribution in [-0.2, 0) is 0 Å². The van der Waals surface area contributed by atoms with Crippen LogP contribution in [0.3, 0.4) is 0 Å². The lowest BCUT2D eigenvalue weighted by molar-refractivity contribution is 0.0813. The van der Waals surface area contributed by atoms with Crippen molar-refractivity contribution in [3.05, 3.63) is 36.4 Å². The molecule has 1 aliphatic rings. The lowest BCUT2D eigenvalue weighted by Crippen LogP contribution is -2.34. The number of allylic oxidation sites excluding steroid dienone is 1. The first-order chi connectivity index (χ1) is 11.1. The van der Waals surface area contributed by atoms with Gasteiger partial charge in [0.1, 0.15) is 6.61 Å². The third kappa shape index (κ3) is 4.81. The van der Waals surface area contributed by atoms with E-state index in [9.17, 15) is 5.11 Å². The zero-order valence-corrected chi connectivity index (χ0v) is 13.8. The molecule has 23 heavy (non-hydrogen) atoms. The Morgan fingerprint density at radius 2 is 2.00 bits per heavy atom. The van der Waals surface area contributed by atoms with Crippen molar-refractivity contribution in [2.45, 2.75) is 31.4 Å². The molecule has 3 atom stereocenters. The standard InChI is InChI=1S/C18H26N2O3/c1-14(12-19)10-18(8-5-9-20-18)11-15(21)13-23-17-7-4-3-6-16(17)22-2/h3-9,14-15,21H,10-13,19H2,1-2H3. The Balaban J connectivity index is 1.93. The topological polar surface area (TPSA) is 77.1 Å². The van der Waals surface area contributed by atoms with Gasteiger partial charge in [-0.15, -0.1) is 0 Å². The van der Waals surface area contributed by atoms with Gasteiger partial charge >= 0.3 is 0 Å². The van der Waals surface area contributed by atoms with Gasteiger partial charge in [0.15, 0.2) is 11.5 Å². The molecule has 0 aromatic heterocycles. The van der Waals surface area contributed by atoms with Gasteiger partial charge in [-0.1, -0.05) is 25.1 Å². The predicted molar refractivity (Wildman–Crippen MR) is 92.3 cm³/mol. The molecule has 0 aliphatic carbocycles. The van der Waals surface area contributed by atoms with Gasteiger partial charge in [0.2, 0.25) is 0 Å². The Kier molecular flexibility index (Phi) is 6.19. The lowest BCUT2D eigenvalue weighted by atomic mass is 9.84. The average Bonchev–Trinajstić information content (AvgIpc) is 3.00. The van der Waals surface area contributed by atoms with E-state index in [1.54, 1.807) is 13.3 Å². The van der Waals surface area contributed by atoms with E-state index in [-0.39, 0.29) is 12.1 Å². The second-order valence-corrected chi connectivity index (χ2v) is 6.11. The Morgan fingerprint density at radius 3 is 2.61 bits per heavy atom. The summed E-state index contributed by atoms with van der Waals surface area (Å²) >= 11 is 0. The second kappa shape index (κ2) is 8.13. The maximum absolute atomic E-state index is 10.4. The van der Waals surface area contributed by atoms with Gasteiger partial charge < -0.3 is 20.3 Å². The van der Waals surface area contributed by atoms with E-state index >= 15 is 0 Å². The van der Waals surface area contributed by atoms with Crippen molar-refractivity contribution in [3.63, 3.8) is 0 Å². The molecule has 0 bridgehead atoms. The summed E-state index contributed by atoms with van der Waals surface area (Å²) in [6.07, 6.45) is 6.48. The molecule has 0 spiro atoms. The molecule has 3 unspecified atom stereocenters. The highest BCUT2D eigenvalue weighted by Gasteiger charge is 2.32. The monoisotopic (exact) mass is 318 g/mol. The zero-order valence-electron chi connectivity index (χ0n) is 13.8. The van der Waals surface area contributed by atoms with E-state index < -0.39 is 6.10 Å². The lowest BCUT2D eigenvalue weighted by Gasteiger charge is -2.29. The molecular formula is C18H26N2O3. The SMILES string of the molecule is COc1ccccc1OCC(O)CC1(CC(C)CN)C=CC=N1. The number of nitrogens with two attached hydrogens (primary N) is 1. The molecule has 0 amide bonds. The number of hydrogen-bond acceptors (Lipinski definition) is 5. The summed E-state index contributed by atoms with van der Waals surface area (Å²) in [5.74, 6) is 1.63. The molecule has 1 aliphatic heterocycles. The van der Waals surface area contributed by atoms with Crippen LogP contribution in [0.4, 0.5) is 0 Å². The van der Waals surface area contributed by atoms with Crippen molar-refractivity contribution in [1.82, 2.24) is 0 Å². The quantitative estimate of drug-likeness (QED) is 0.732. The summed E-state index contributed by atoms with van der Waals surface area (Å²) < 4.78 is 10.9. The van der Waals surface area contributed by atoms with E-state index in [0.717, 1.165) is 6.42 Å². The van der Waals surface area contributed by atoms with Gasteiger partial charge in [0.25, 0.3) is 0 Å². The van der Waals surface area contributed by atoms with Crippen LogP contribution in [0, 0.1) is 5.92 Å². The number of hydrogen-bond donors (Lipinski definition) is 2. The molecule has 0 saturated carbocycles. The minimum atomic E-state index is -0.621. The van der Waals surface area contributed by atoms with Gasteiger partial charge in [0.05, 0.1) is 18.8 Å². The third-order valence-corrected chi connectivity index (χ3v) is 4.02. The maximum Gasteiger partial charge on any atom is 0.161 e. The zero-order chi connectivity index (χ0) is 16.7. The predicted octanol–water partition coefficient (Wildman–Crippen LogP) is 2.19. The number of methoxy groups -OCH3 is 1. The van der Waals surface area contributed by atoms with Crippen molar-refractivity contribution < 1.29 is 14.6 Å². The first-order valence-corrected chi connectivity index (χ1v) is 7.95. The van der Waals surface area contributed by atoms with Crippen molar-refractivity contribution >= 4 is 6.21 Å². The molecule has 0 radical (unpaired) electrons. The number of rotatable bonds is 9. The largest absolute Gasteiger partial charge is 0.493 e. The normalized spacial score (nSPS) is 22.1. The van der Waals surface area contributed by atoms with Crippen LogP contribution in [0.15, 0.2) is 41.4 Å². The molecular weight excluding hydrogens is 292 g/mol. The van der Waals surface area contributed by atoms with Crippen molar-refractivity contribution in [2.75, 3.05) is 20.3 Å². The maximum atomic E-state index is 10.4. The number of ether oxygens (including phenoxy) is 2. The summed E-state index contributed by atoms with van der Waals surface area (Å²) in [5, 5.41) is 10.4. The number of nitrogens with zero attached hydrogens (tertiary/aromatic N) is 1. The first-order valence-electron chi connectivity index (χ1n) is 7.95. The van der Waals surface area contributed by atoms with E-state index in [0.29, 0.717) is 30.4 Å². The molecule has 1 aromatic rings. The van der Waals surface area contributed by atoms with Crippen LogP contribution >= 0.6 is 0 Å². The van der Waals surface area contributed by atoms with Gasteiger partial charge in [-0.3, -0.25) is 4.99 Å². The highest BCUT2D eigenvalue weighted by atomic mass is 16.5. The van der Waals surface area contributed by atoms with E-state index in [4.69, 9.17) is 15.2 Å². The van der Waals surface area contributed by atoms with Gasteiger partial charge in [-0.2, -0.15) is 0 Å². The summed E-state index contributed by atoms with van der Waals surface area (Å²) in [7, 11) is 1.60. The number of para-hydroxylation sites is 2. The van der Waals surface area contributed by atoms with E-state index in [1.807, 2.05) is 36.4 Å². The highest BCUT2D eigenvalue weighted by molar-refractivity contribution is 5.75. The van der Waals surface area contributed by atoms with Crippen molar-refractivity contribution in [3.8, 4) is 11.5 Å².